The number of fused-ring (bicyclic) bond motifs is 2. The number of rotatable bonds is 3. The highest BCUT2D eigenvalue weighted by molar-refractivity contribution is 7.90. The van der Waals surface area contributed by atoms with Crippen LogP contribution in [0.2, 0.25) is 0 Å². The fourth-order valence-corrected chi connectivity index (χ4v) is 4.48. The van der Waals surface area contributed by atoms with E-state index >= 15 is 0 Å². The van der Waals surface area contributed by atoms with Crippen molar-refractivity contribution in [3.8, 4) is 0 Å². The Balaban J connectivity index is 1.72. The summed E-state index contributed by atoms with van der Waals surface area (Å²) in [5, 5.41) is 8.22. The fraction of sp³-hybridized carbons (Fsp3) is 0.0435. The van der Waals surface area contributed by atoms with E-state index in [1.54, 1.807) is 48.5 Å². The number of para-hydroxylation sites is 1. The maximum atomic E-state index is 13.2. The molecule has 1 aliphatic rings. The molecule has 0 fully saturated rings. The van der Waals surface area contributed by atoms with E-state index in [0.29, 0.717) is 22.2 Å². The van der Waals surface area contributed by atoms with Gasteiger partial charge in [0.15, 0.2) is 0 Å². The quantitative estimate of drug-likeness (QED) is 0.496. The summed E-state index contributed by atoms with van der Waals surface area (Å²) in [4.78, 5) is 13.3. The molecule has 152 valence electrons. The minimum Gasteiger partial charge on any atom is -0.287 e. The van der Waals surface area contributed by atoms with Gasteiger partial charge in [-0.25, -0.2) is 4.68 Å². The van der Waals surface area contributed by atoms with Crippen molar-refractivity contribution in [1.29, 1.82) is 0 Å². The van der Waals surface area contributed by atoms with E-state index in [4.69, 9.17) is 0 Å². The maximum Gasteiger partial charge on any atom is 0.282 e. The Labute approximate surface area is 178 Å². The third-order valence-electron chi connectivity index (χ3n) is 5.07. The van der Waals surface area contributed by atoms with E-state index in [9.17, 15) is 13.2 Å². The molecule has 31 heavy (non-hydrogen) atoms. The van der Waals surface area contributed by atoms with Crippen LogP contribution in [-0.2, 0) is 10.0 Å². The second-order valence-corrected chi connectivity index (χ2v) is 8.76. The predicted octanol–water partition coefficient (Wildman–Crippen LogP) is 3.66. The molecule has 5 rings (SSSR count). The first kappa shape index (κ1) is 19.1. The number of carbonyl (C=O) groups excluding carboxylic acids is 1. The van der Waals surface area contributed by atoms with Crippen molar-refractivity contribution in [3.05, 3.63) is 95.6 Å². The topological polar surface area (TPSA) is 94.3 Å². The van der Waals surface area contributed by atoms with Gasteiger partial charge in [0.1, 0.15) is 11.2 Å². The van der Waals surface area contributed by atoms with Crippen LogP contribution in [0, 0.1) is 6.92 Å². The van der Waals surface area contributed by atoms with Gasteiger partial charge in [0, 0.05) is 11.1 Å². The first-order valence-corrected chi connectivity index (χ1v) is 11.0. The van der Waals surface area contributed by atoms with Gasteiger partial charge in [-0.15, -0.1) is 5.10 Å². The summed E-state index contributed by atoms with van der Waals surface area (Å²) in [6.07, 6.45) is 1.46. The van der Waals surface area contributed by atoms with Gasteiger partial charge in [0.05, 0.1) is 16.1 Å². The van der Waals surface area contributed by atoms with Gasteiger partial charge in [-0.1, -0.05) is 59.3 Å². The smallest absolute Gasteiger partial charge is 0.282 e. The molecule has 7 nitrogen and oxygen atoms in total. The van der Waals surface area contributed by atoms with Crippen molar-refractivity contribution in [2.75, 3.05) is 0 Å². The van der Waals surface area contributed by atoms with Gasteiger partial charge in [-0.3, -0.25) is 4.79 Å². The van der Waals surface area contributed by atoms with Crippen molar-refractivity contribution < 1.29 is 13.2 Å². The Kier molecular flexibility index (Phi) is 4.37. The van der Waals surface area contributed by atoms with Crippen LogP contribution in [0.1, 0.15) is 21.5 Å². The molecular formula is C23H16N4O3S. The molecule has 1 heterocycles. The van der Waals surface area contributed by atoms with E-state index in [-0.39, 0.29) is 22.1 Å². The number of benzene rings is 3. The Hall–Kier alpha value is -3.91. The number of nitrogens with zero attached hydrogens (tertiary/aromatic N) is 4. The first-order chi connectivity index (χ1) is 14.9. The normalized spacial score (nSPS) is 15.2. The molecule has 0 N–H and O–H groups in total. The predicted molar refractivity (Wildman–Crippen MR) is 117 cm³/mol. The van der Waals surface area contributed by atoms with Crippen LogP contribution >= 0.6 is 0 Å². The molecule has 0 bridgehead atoms. The SMILES string of the molecule is Cc1ccc(S(=O)(=O)N=C2C=C(n3nnc4ccccc43)C(=O)c3ccccc32)cc1. The largest absolute Gasteiger partial charge is 0.287 e. The summed E-state index contributed by atoms with van der Waals surface area (Å²) in [6, 6.07) is 20.5. The molecule has 0 amide bonds. The number of ketones is 1. The van der Waals surface area contributed by atoms with E-state index < -0.39 is 10.0 Å². The highest BCUT2D eigenvalue weighted by atomic mass is 32.2. The second kappa shape index (κ2) is 7.10. The number of hydrogen-bond donors (Lipinski definition) is 0. The monoisotopic (exact) mass is 428 g/mol. The minimum absolute atomic E-state index is 0.0844. The number of allylic oxidation sites excluding steroid dienone is 2. The molecular weight excluding hydrogens is 412 g/mol. The molecule has 0 saturated heterocycles. The van der Waals surface area contributed by atoms with Gasteiger partial charge in [0.2, 0.25) is 5.78 Å². The molecule has 0 saturated carbocycles. The van der Waals surface area contributed by atoms with Crippen LogP contribution < -0.4 is 0 Å². The average Bonchev–Trinajstić information content (AvgIpc) is 3.20. The molecule has 4 aromatic rings. The van der Waals surface area contributed by atoms with Gasteiger partial charge < -0.3 is 0 Å². The number of carbonyl (C=O) groups is 1. The number of Topliss-reactive ketones (excluding diaryl/α,β-unsaturated/α-hetero) is 1. The van der Waals surface area contributed by atoms with Gasteiger partial charge >= 0.3 is 0 Å². The lowest BCUT2D eigenvalue weighted by molar-refractivity contribution is 0.104. The van der Waals surface area contributed by atoms with Crippen molar-refractivity contribution in [2.45, 2.75) is 11.8 Å². The molecule has 0 spiro atoms. The fourth-order valence-electron chi connectivity index (χ4n) is 3.49. The highest BCUT2D eigenvalue weighted by Crippen LogP contribution is 2.27. The average molecular weight is 428 g/mol. The Morgan fingerprint density at radius 2 is 1.55 bits per heavy atom. The third kappa shape index (κ3) is 3.27. The molecule has 0 unspecified atom stereocenters. The lowest BCUT2D eigenvalue weighted by atomic mass is 9.92. The zero-order valence-electron chi connectivity index (χ0n) is 16.4. The summed E-state index contributed by atoms with van der Waals surface area (Å²) >= 11 is 0. The van der Waals surface area contributed by atoms with Crippen LogP contribution in [-0.4, -0.2) is 34.9 Å². The Morgan fingerprint density at radius 3 is 2.32 bits per heavy atom. The van der Waals surface area contributed by atoms with Gasteiger partial charge in [0.25, 0.3) is 10.0 Å². The zero-order chi connectivity index (χ0) is 21.6. The van der Waals surface area contributed by atoms with E-state index in [0.717, 1.165) is 5.56 Å². The highest BCUT2D eigenvalue weighted by Gasteiger charge is 2.28. The summed E-state index contributed by atoms with van der Waals surface area (Å²) < 4.78 is 31.4. The van der Waals surface area contributed by atoms with Crippen LogP contribution in [0.5, 0.6) is 0 Å². The van der Waals surface area contributed by atoms with Crippen LogP contribution in [0.15, 0.2) is 88.2 Å². The Bertz CT molecular complexity index is 1510. The standard InChI is InChI=1S/C23H16N4O3S/c1-15-10-12-16(13-11-15)31(29,30)25-20-14-22(23(28)18-7-3-2-6-17(18)20)27-21-9-5-4-8-19(21)24-26-27/h2-14H,1H3. The Morgan fingerprint density at radius 1 is 0.871 bits per heavy atom. The summed E-state index contributed by atoms with van der Waals surface area (Å²) in [5.41, 5.74) is 3.38. The van der Waals surface area contributed by atoms with E-state index in [2.05, 4.69) is 14.7 Å². The van der Waals surface area contributed by atoms with Crippen LogP contribution in [0.25, 0.3) is 16.7 Å². The molecule has 1 aromatic heterocycles. The number of aryl methyl sites for hydroxylation is 1. The van der Waals surface area contributed by atoms with Gasteiger partial charge in [-0.05, 0) is 37.3 Å². The first-order valence-electron chi connectivity index (χ1n) is 9.52. The molecule has 0 aliphatic heterocycles. The number of aromatic nitrogens is 3. The number of hydrogen-bond acceptors (Lipinski definition) is 5. The summed E-state index contributed by atoms with van der Waals surface area (Å²) in [7, 11) is -3.98. The van der Waals surface area contributed by atoms with Crippen molar-refractivity contribution in [1.82, 2.24) is 15.0 Å². The lowest BCUT2D eigenvalue weighted by Crippen LogP contribution is -2.21. The summed E-state index contributed by atoms with van der Waals surface area (Å²) in [5.74, 6) is -0.280. The van der Waals surface area contributed by atoms with Crippen molar-refractivity contribution >= 4 is 38.2 Å². The third-order valence-corrected chi connectivity index (χ3v) is 6.38. The molecule has 0 atom stereocenters. The summed E-state index contributed by atoms with van der Waals surface area (Å²) in [6.45, 7) is 1.88. The second-order valence-electron chi connectivity index (χ2n) is 7.16. The molecule has 3 aromatic carbocycles. The van der Waals surface area contributed by atoms with E-state index in [1.807, 2.05) is 19.1 Å². The zero-order valence-corrected chi connectivity index (χ0v) is 17.2. The lowest BCUT2D eigenvalue weighted by Gasteiger charge is -2.17. The molecule has 1 aliphatic carbocycles. The van der Waals surface area contributed by atoms with Crippen molar-refractivity contribution in [2.24, 2.45) is 4.40 Å². The number of sulfonamides is 1. The van der Waals surface area contributed by atoms with Gasteiger partial charge in [-0.2, -0.15) is 12.8 Å². The minimum atomic E-state index is -3.98. The molecule has 0 radical (unpaired) electrons. The van der Waals surface area contributed by atoms with Crippen LogP contribution in [0.4, 0.5) is 0 Å². The molecule has 8 heteroatoms. The van der Waals surface area contributed by atoms with Crippen molar-refractivity contribution in [3.63, 3.8) is 0 Å². The van der Waals surface area contributed by atoms with Crippen LogP contribution in [0.3, 0.4) is 0 Å². The maximum absolute atomic E-state index is 13.2. The van der Waals surface area contributed by atoms with E-state index in [1.165, 1.54) is 22.9 Å².